The maximum absolute atomic E-state index is 11.4. The summed E-state index contributed by atoms with van der Waals surface area (Å²) in [6.07, 6.45) is 1.17. The first-order valence-corrected chi connectivity index (χ1v) is 5.10. The van der Waals surface area contributed by atoms with E-state index in [4.69, 9.17) is 0 Å². The molecule has 0 atom stereocenters. The van der Waals surface area contributed by atoms with Crippen LogP contribution in [0, 0.1) is 17.0 Å². The Bertz CT molecular complexity index is 416. The molecule has 1 aromatic carbocycles. The Balaban J connectivity index is 2.93. The quantitative estimate of drug-likeness (QED) is 0.628. The first-order chi connectivity index (χ1) is 7.56. The molecule has 0 saturated heterocycles. The molecule has 86 valence electrons. The number of hydrogen-bond acceptors (Lipinski definition) is 3. The molecule has 5 nitrogen and oxygen atoms in total. The van der Waals surface area contributed by atoms with E-state index in [9.17, 15) is 14.9 Å². The second kappa shape index (κ2) is 5.25. The van der Waals surface area contributed by atoms with Crippen LogP contribution >= 0.6 is 0 Å². The number of carbonyl (C=O) groups is 1. The van der Waals surface area contributed by atoms with Crippen molar-refractivity contribution >= 4 is 17.3 Å². The molecule has 0 heterocycles. The van der Waals surface area contributed by atoms with Gasteiger partial charge in [-0.2, -0.15) is 0 Å². The first kappa shape index (κ1) is 12.2. The summed E-state index contributed by atoms with van der Waals surface area (Å²) in [5, 5.41) is 13.3. The minimum absolute atomic E-state index is 0.0225. The topological polar surface area (TPSA) is 72.2 Å². The van der Waals surface area contributed by atoms with Gasteiger partial charge in [-0.15, -0.1) is 0 Å². The SMILES string of the molecule is CCCC(=O)Nc1cccc([N+](=O)[O-])c1C. The molecule has 5 heteroatoms. The predicted molar refractivity (Wildman–Crippen MR) is 61.4 cm³/mol. The van der Waals surface area contributed by atoms with Crippen molar-refractivity contribution in [3.05, 3.63) is 33.9 Å². The van der Waals surface area contributed by atoms with E-state index < -0.39 is 4.92 Å². The van der Waals surface area contributed by atoms with Crippen LogP contribution in [0.3, 0.4) is 0 Å². The van der Waals surface area contributed by atoms with E-state index in [1.54, 1.807) is 19.1 Å². The Hall–Kier alpha value is -1.91. The monoisotopic (exact) mass is 222 g/mol. The molecule has 0 saturated carbocycles. The Morgan fingerprint density at radius 2 is 2.19 bits per heavy atom. The van der Waals surface area contributed by atoms with Crippen molar-refractivity contribution in [3.8, 4) is 0 Å². The lowest BCUT2D eigenvalue weighted by Crippen LogP contribution is -2.12. The molecule has 1 amide bonds. The maximum atomic E-state index is 11.4. The van der Waals surface area contributed by atoms with Crippen LogP contribution < -0.4 is 5.32 Å². The van der Waals surface area contributed by atoms with Gasteiger partial charge < -0.3 is 5.32 Å². The van der Waals surface area contributed by atoms with Gasteiger partial charge in [-0.05, 0) is 19.4 Å². The molecular weight excluding hydrogens is 208 g/mol. The largest absolute Gasteiger partial charge is 0.326 e. The smallest absolute Gasteiger partial charge is 0.274 e. The van der Waals surface area contributed by atoms with Gasteiger partial charge in [-0.1, -0.05) is 13.0 Å². The molecule has 0 fully saturated rings. The lowest BCUT2D eigenvalue weighted by atomic mass is 10.1. The number of nitrogens with one attached hydrogen (secondary N) is 1. The molecule has 0 aliphatic rings. The van der Waals surface area contributed by atoms with Gasteiger partial charge in [0.05, 0.1) is 16.2 Å². The van der Waals surface area contributed by atoms with Crippen LogP contribution in [-0.2, 0) is 4.79 Å². The number of anilines is 1. The molecule has 1 N–H and O–H groups in total. The van der Waals surface area contributed by atoms with Crippen molar-refractivity contribution in [2.75, 3.05) is 5.32 Å². The molecule has 0 aromatic heterocycles. The van der Waals surface area contributed by atoms with Gasteiger partial charge in [0.25, 0.3) is 5.69 Å². The Morgan fingerprint density at radius 1 is 1.50 bits per heavy atom. The van der Waals surface area contributed by atoms with E-state index in [2.05, 4.69) is 5.32 Å². The predicted octanol–water partition coefficient (Wildman–Crippen LogP) is 2.64. The fraction of sp³-hybridized carbons (Fsp3) is 0.364. The summed E-state index contributed by atoms with van der Waals surface area (Å²) in [6, 6.07) is 4.65. The van der Waals surface area contributed by atoms with Gasteiger partial charge in [0.15, 0.2) is 0 Å². The molecule has 1 aromatic rings. The summed E-state index contributed by atoms with van der Waals surface area (Å²) in [7, 11) is 0. The zero-order valence-corrected chi connectivity index (χ0v) is 9.32. The van der Waals surface area contributed by atoms with Gasteiger partial charge in [-0.3, -0.25) is 14.9 Å². The van der Waals surface area contributed by atoms with Gasteiger partial charge >= 0.3 is 0 Å². The third kappa shape index (κ3) is 2.79. The second-order valence-electron chi connectivity index (χ2n) is 3.50. The highest BCUT2D eigenvalue weighted by Crippen LogP contribution is 2.25. The lowest BCUT2D eigenvalue weighted by molar-refractivity contribution is -0.385. The van der Waals surface area contributed by atoms with Crippen molar-refractivity contribution in [2.45, 2.75) is 26.7 Å². The zero-order valence-electron chi connectivity index (χ0n) is 9.32. The van der Waals surface area contributed by atoms with Crippen LogP contribution in [0.25, 0.3) is 0 Å². The van der Waals surface area contributed by atoms with Crippen molar-refractivity contribution in [1.82, 2.24) is 0 Å². The van der Waals surface area contributed by atoms with Crippen LogP contribution in [0.4, 0.5) is 11.4 Å². The number of amides is 1. The summed E-state index contributed by atoms with van der Waals surface area (Å²) in [5.41, 5.74) is 1.01. The van der Waals surface area contributed by atoms with Crippen molar-refractivity contribution in [1.29, 1.82) is 0 Å². The average molecular weight is 222 g/mol. The zero-order chi connectivity index (χ0) is 12.1. The fourth-order valence-corrected chi connectivity index (χ4v) is 1.40. The van der Waals surface area contributed by atoms with Gasteiger partial charge in [0, 0.05) is 12.5 Å². The maximum Gasteiger partial charge on any atom is 0.274 e. The minimum Gasteiger partial charge on any atom is -0.326 e. The van der Waals surface area contributed by atoms with Crippen LogP contribution in [0.15, 0.2) is 18.2 Å². The minimum atomic E-state index is -0.454. The summed E-state index contributed by atoms with van der Waals surface area (Å²) >= 11 is 0. The first-order valence-electron chi connectivity index (χ1n) is 5.10. The van der Waals surface area contributed by atoms with Crippen LogP contribution in [-0.4, -0.2) is 10.8 Å². The average Bonchev–Trinajstić information content (AvgIpc) is 2.21. The van der Waals surface area contributed by atoms with Gasteiger partial charge in [0.1, 0.15) is 0 Å². The summed E-state index contributed by atoms with van der Waals surface area (Å²) in [4.78, 5) is 21.6. The van der Waals surface area contributed by atoms with Crippen molar-refractivity contribution < 1.29 is 9.72 Å². The molecule has 1 rings (SSSR count). The number of nitro benzene ring substituents is 1. The van der Waals surface area contributed by atoms with Crippen molar-refractivity contribution in [3.63, 3.8) is 0 Å². The van der Waals surface area contributed by atoms with E-state index in [1.807, 2.05) is 6.92 Å². The standard InChI is InChI=1S/C11H14N2O3/c1-3-5-11(14)12-9-6-4-7-10(8(9)2)13(15)16/h4,6-7H,3,5H2,1-2H3,(H,12,14). The van der Waals surface area contributed by atoms with E-state index in [0.717, 1.165) is 6.42 Å². The highest BCUT2D eigenvalue weighted by molar-refractivity contribution is 5.92. The van der Waals surface area contributed by atoms with Crippen molar-refractivity contribution in [2.24, 2.45) is 0 Å². The molecular formula is C11H14N2O3. The van der Waals surface area contributed by atoms with E-state index in [-0.39, 0.29) is 11.6 Å². The molecule has 0 spiro atoms. The van der Waals surface area contributed by atoms with Gasteiger partial charge in [0.2, 0.25) is 5.91 Å². The van der Waals surface area contributed by atoms with Gasteiger partial charge in [-0.25, -0.2) is 0 Å². The highest BCUT2D eigenvalue weighted by Gasteiger charge is 2.14. The Morgan fingerprint density at radius 3 is 2.75 bits per heavy atom. The normalized spacial score (nSPS) is 9.88. The molecule has 16 heavy (non-hydrogen) atoms. The summed E-state index contributed by atoms with van der Waals surface area (Å²) < 4.78 is 0. The summed E-state index contributed by atoms with van der Waals surface area (Å²) in [6.45, 7) is 3.53. The number of hydrogen-bond donors (Lipinski definition) is 1. The Kier molecular flexibility index (Phi) is 3.99. The molecule has 0 aliphatic heterocycles. The number of rotatable bonds is 4. The third-order valence-corrected chi connectivity index (χ3v) is 2.25. The van der Waals surface area contributed by atoms with Crippen LogP contribution in [0.5, 0.6) is 0 Å². The van der Waals surface area contributed by atoms with Crippen LogP contribution in [0.2, 0.25) is 0 Å². The highest BCUT2D eigenvalue weighted by atomic mass is 16.6. The second-order valence-corrected chi connectivity index (χ2v) is 3.50. The fourth-order valence-electron chi connectivity index (χ4n) is 1.40. The number of nitro groups is 1. The van der Waals surface area contributed by atoms with Crippen LogP contribution in [0.1, 0.15) is 25.3 Å². The Labute approximate surface area is 93.6 Å². The van der Waals surface area contributed by atoms with E-state index >= 15 is 0 Å². The number of carbonyl (C=O) groups excluding carboxylic acids is 1. The van der Waals surface area contributed by atoms with E-state index in [0.29, 0.717) is 17.7 Å². The van der Waals surface area contributed by atoms with E-state index in [1.165, 1.54) is 6.07 Å². The number of nitrogens with zero attached hydrogens (tertiary/aromatic N) is 1. The molecule has 0 aliphatic carbocycles. The molecule has 0 bridgehead atoms. The third-order valence-electron chi connectivity index (χ3n) is 2.25. The molecule has 0 radical (unpaired) electrons. The lowest BCUT2D eigenvalue weighted by Gasteiger charge is -2.07. The molecule has 0 unspecified atom stereocenters. The summed E-state index contributed by atoms with van der Waals surface area (Å²) in [5.74, 6) is -0.119. The number of benzene rings is 1.